The monoisotopic (exact) mass is 370 g/mol. The van der Waals surface area contributed by atoms with E-state index < -0.39 is 35.1 Å². The first-order valence-electron chi connectivity index (χ1n) is 8.55. The molecule has 0 saturated heterocycles. The van der Waals surface area contributed by atoms with E-state index in [0.717, 1.165) is 17.7 Å². The molecule has 0 spiro atoms. The number of aromatic hydroxyl groups is 2. The van der Waals surface area contributed by atoms with Crippen molar-refractivity contribution >= 4 is 17.5 Å². The number of esters is 1. The Morgan fingerprint density at radius 1 is 1.19 bits per heavy atom. The largest absolute Gasteiger partial charge is 0.507 e. The lowest BCUT2D eigenvalue weighted by Gasteiger charge is -2.22. The van der Waals surface area contributed by atoms with E-state index in [4.69, 9.17) is 4.74 Å². The van der Waals surface area contributed by atoms with Gasteiger partial charge in [-0.05, 0) is 38.5 Å². The molecule has 1 aliphatic carbocycles. The number of ether oxygens (including phenoxy) is 1. The molecule has 6 heteroatoms. The Morgan fingerprint density at radius 2 is 1.81 bits per heavy atom. The third kappa shape index (κ3) is 4.53. The number of rotatable bonds is 7. The third-order valence-electron chi connectivity index (χ3n) is 4.10. The van der Waals surface area contributed by atoms with E-state index in [2.05, 4.69) is 6.58 Å². The van der Waals surface area contributed by atoms with Crippen molar-refractivity contribution in [2.75, 3.05) is 0 Å². The van der Waals surface area contributed by atoms with E-state index in [1.807, 2.05) is 19.9 Å². The van der Waals surface area contributed by atoms with Gasteiger partial charge in [-0.2, -0.15) is 0 Å². The minimum Gasteiger partial charge on any atom is -0.507 e. The second kappa shape index (κ2) is 8.49. The van der Waals surface area contributed by atoms with Gasteiger partial charge in [-0.1, -0.05) is 17.7 Å². The van der Waals surface area contributed by atoms with Crippen molar-refractivity contribution in [1.29, 1.82) is 0 Å². The lowest BCUT2D eigenvalue weighted by molar-refractivity contribution is -0.149. The minimum atomic E-state index is -0.915. The van der Waals surface area contributed by atoms with Crippen LogP contribution in [0.4, 0.5) is 0 Å². The molecule has 1 aromatic rings. The molecule has 0 unspecified atom stereocenters. The van der Waals surface area contributed by atoms with Gasteiger partial charge in [-0.25, -0.2) is 0 Å². The van der Waals surface area contributed by atoms with E-state index >= 15 is 0 Å². The predicted molar refractivity (Wildman–Crippen MR) is 99.9 cm³/mol. The quantitative estimate of drug-likeness (QED) is 0.428. The van der Waals surface area contributed by atoms with Crippen molar-refractivity contribution in [3.8, 4) is 11.5 Å². The number of allylic oxidation sites excluding steroid dienone is 4. The summed E-state index contributed by atoms with van der Waals surface area (Å²) < 4.78 is 5.46. The van der Waals surface area contributed by atoms with Gasteiger partial charge in [0.15, 0.2) is 11.6 Å². The van der Waals surface area contributed by atoms with Crippen LogP contribution in [0.25, 0.3) is 0 Å². The maximum Gasteiger partial charge on any atom is 0.306 e. The Balaban J connectivity index is 2.50. The van der Waals surface area contributed by atoms with Crippen molar-refractivity contribution in [2.24, 2.45) is 0 Å². The van der Waals surface area contributed by atoms with Crippen LogP contribution >= 0.6 is 0 Å². The number of hydrogen-bond acceptors (Lipinski definition) is 6. The minimum absolute atomic E-state index is 0.0761. The molecule has 0 bridgehead atoms. The van der Waals surface area contributed by atoms with Gasteiger partial charge in [0.1, 0.15) is 17.6 Å². The van der Waals surface area contributed by atoms with Crippen molar-refractivity contribution in [1.82, 2.24) is 0 Å². The molecular weight excluding hydrogens is 348 g/mol. The van der Waals surface area contributed by atoms with Crippen LogP contribution in [-0.4, -0.2) is 27.7 Å². The normalized spacial score (nSPS) is 13.7. The van der Waals surface area contributed by atoms with E-state index in [1.54, 1.807) is 6.08 Å². The van der Waals surface area contributed by atoms with E-state index in [-0.39, 0.29) is 29.5 Å². The molecular formula is C21H22O6. The molecule has 1 aromatic carbocycles. The lowest BCUT2D eigenvalue weighted by atomic mass is 9.89. The summed E-state index contributed by atoms with van der Waals surface area (Å²) in [5.74, 6) is -2.58. The van der Waals surface area contributed by atoms with Gasteiger partial charge in [0.05, 0.1) is 11.1 Å². The van der Waals surface area contributed by atoms with Crippen LogP contribution in [0.15, 0.2) is 42.5 Å². The van der Waals surface area contributed by atoms with Crippen LogP contribution in [0.2, 0.25) is 0 Å². The molecule has 0 radical (unpaired) electrons. The van der Waals surface area contributed by atoms with E-state index in [0.29, 0.717) is 6.42 Å². The number of fused-ring (bicyclic) bond motifs is 1. The summed E-state index contributed by atoms with van der Waals surface area (Å²) in [6.07, 6.45) is 5.36. The zero-order valence-corrected chi connectivity index (χ0v) is 15.3. The highest BCUT2D eigenvalue weighted by Crippen LogP contribution is 2.41. The second-order valence-corrected chi connectivity index (χ2v) is 6.47. The second-order valence-electron chi connectivity index (χ2n) is 6.47. The van der Waals surface area contributed by atoms with Crippen molar-refractivity contribution in [3.63, 3.8) is 0 Å². The van der Waals surface area contributed by atoms with Crippen molar-refractivity contribution < 1.29 is 29.3 Å². The maximum absolute atomic E-state index is 12.2. The van der Waals surface area contributed by atoms with Gasteiger partial charge < -0.3 is 14.9 Å². The first-order chi connectivity index (χ1) is 12.8. The molecule has 6 nitrogen and oxygen atoms in total. The summed E-state index contributed by atoms with van der Waals surface area (Å²) in [6, 6.07) is 1.17. The molecule has 1 aliphatic rings. The van der Waals surface area contributed by atoms with Gasteiger partial charge in [-0.15, -0.1) is 6.58 Å². The molecule has 0 amide bonds. The smallest absolute Gasteiger partial charge is 0.306 e. The first-order valence-corrected chi connectivity index (χ1v) is 8.55. The molecule has 27 heavy (non-hydrogen) atoms. The molecule has 142 valence electrons. The fourth-order valence-electron chi connectivity index (χ4n) is 2.75. The molecule has 2 N–H and O–H groups in total. The molecule has 0 aliphatic heterocycles. The molecule has 0 fully saturated rings. The number of phenols is 2. The number of ketones is 2. The van der Waals surface area contributed by atoms with Crippen LogP contribution < -0.4 is 0 Å². The Hall–Kier alpha value is -3.15. The SMILES string of the molecule is C=CCCC(=O)O[C@H](CC=C(C)C)c1cc(O)c2c(c1O)C(=O)C=CC2=O. The fraction of sp³-hybridized carbons (Fsp3) is 0.286. The van der Waals surface area contributed by atoms with Gasteiger partial charge in [0.25, 0.3) is 0 Å². The number of phenolic OH excluding ortho intramolecular Hbond substituents is 2. The molecule has 0 saturated carbocycles. The van der Waals surface area contributed by atoms with Crippen LogP contribution in [0.1, 0.15) is 65.5 Å². The highest BCUT2D eigenvalue weighted by Gasteiger charge is 2.31. The summed E-state index contributed by atoms with van der Waals surface area (Å²) in [4.78, 5) is 36.2. The standard InChI is InChI=1S/C21H22O6/c1-4-5-6-18(25)27-17(10-7-12(2)3)13-11-16(24)19-14(22)8-9-15(23)20(19)21(13)26/h4,7-9,11,17,24,26H,1,5-6,10H2,2-3H3/t17-/m1/s1. The van der Waals surface area contributed by atoms with Crippen LogP contribution in [0.3, 0.4) is 0 Å². The summed E-state index contributed by atoms with van der Waals surface area (Å²) in [5, 5.41) is 20.9. The van der Waals surface area contributed by atoms with Crippen LogP contribution in [-0.2, 0) is 9.53 Å². The fourth-order valence-corrected chi connectivity index (χ4v) is 2.75. The molecule has 0 heterocycles. The van der Waals surface area contributed by atoms with E-state index in [1.165, 1.54) is 6.07 Å². The zero-order chi connectivity index (χ0) is 20.1. The Labute approximate surface area is 157 Å². The van der Waals surface area contributed by atoms with Crippen molar-refractivity contribution in [3.05, 3.63) is 59.2 Å². The average molecular weight is 370 g/mol. The van der Waals surface area contributed by atoms with E-state index in [9.17, 15) is 24.6 Å². The number of benzene rings is 1. The molecule has 1 atom stereocenters. The van der Waals surface area contributed by atoms with Crippen molar-refractivity contribution in [2.45, 2.75) is 39.2 Å². The Kier molecular flexibility index (Phi) is 6.34. The van der Waals surface area contributed by atoms with Crippen LogP contribution in [0, 0.1) is 0 Å². The summed E-state index contributed by atoms with van der Waals surface area (Å²) in [5.41, 5.74) is 0.523. The van der Waals surface area contributed by atoms with Gasteiger partial charge in [0.2, 0.25) is 0 Å². The van der Waals surface area contributed by atoms with Gasteiger partial charge in [0, 0.05) is 18.4 Å². The number of carbonyl (C=O) groups is 3. The first kappa shape index (κ1) is 20.2. The Morgan fingerprint density at radius 3 is 2.41 bits per heavy atom. The van der Waals surface area contributed by atoms with Gasteiger partial charge in [-0.3, -0.25) is 14.4 Å². The summed E-state index contributed by atoms with van der Waals surface area (Å²) in [7, 11) is 0. The predicted octanol–water partition coefficient (Wildman–Crippen LogP) is 3.94. The summed E-state index contributed by atoms with van der Waals surface area (Å²) >= 11 is 0. The average Bonchev–Trinajstić information content (AvgIpc) is 2.61. The third-order valence-corrected chi connectivity index (χ3v) is 4.10. The number of hydrogen-bond donors (Lipinski definition) is 2. The highest BCUT2D eigenvalue weighted by atomic mass is 16.5. The Bertz CT molecular complexity index is 856. The lowest BCUT2D eigenvalue weighted by Crippen LogP contribution is -2.16. The maximum atomic E-state index is 12.2. The zero-order valence-electron chi connectivity index (χ0n) is 15.3. The van der Waals surface area contributed by atoms with Crippen LogP contribution in [0.5, 0.6) is 11.5 Å². The van der Waals surface area contributed by atoms with Gasteiger partial charge >= 0.3 is 5.97 Å². The topological polar surface area (TPSA) is 101 Å². The highest BCUT2D eigenvalue weighted by molar-refractivity contribution is 6.24. The molecule has 0 aromatic heterocycles. The summed E-state index contributed by atoms with van der Waals surface area (Å²) in [6.45, 7) is 7.29. The molecule has 2 rings (SSSR count). The number of carbonyl (C=O) groups excluding carboxylic acids is 3.